The van der Waals surface area contributed by atoms with Crippen molar-refractivity contribution in [2.75, 3.05) is 16.8 Å². The summed E-state index contributed by atoms with van der Waals surface area (Å²) in [6.07, 6.45) is 9.89. The van der Waals surface area contributed by atoms with Crippen molar-refractivity contribution in [3.63, 3.8) is 0 Å². The minimum Gasteiger partial charge on any atom is -0.390 e. The van der Waals surface area contributed by atoms with Gasteiger partial charge in [-0.05, 0) is 63.5 Å². The van der Waals surface area contributed by atoms with Crippen LogP contribution >= 0.6 is 0 Å². The van der Waals surface area contributed by atoms with E-state index in [-0.39, 0.29) is 10.8 Å². The van der Waals surface area contributed by atoms with Gasteiger partial charge in [0, 0.05) is 53.9 Å². The van der Waals surface area contributed by atoms with Gasteiger partial charge in [0.05, 0.1) is 23.1 Å². The first-order valence-corrected chi connectivity index (χ1v) is 11.4. The van der Waals surface area contributed by atoms with E-state index in [1.54, 1.807) is 12.4 Å². The molecule has 0 radical (unpaired) electrons. The summed E-state index contributed by atoms with van der Waals surface area (Å²) in [4.78, 5) is 11.5. The van der Waals surface area contributed by atoms with Crippen molar-refractivity contribution in [1.29, 1.82) is 10.7 Å². The molecule has 0 aromatic carbocycles. The van der Waals surface area contributed by atoms with Gasteiger partial charge in [-0.2, -0.15) is 5.26 Å². The maximum Gasteiger partial charge on any atom is 0.130 e. The zero-order valence-electron chi connectivity index (χ0n) is 18.5. The summed E-state index contributed by atoms with van der Waals surface area (Å²) < 4.78 is 0. The molecular formula is C25H28N6O. The summed E-state index contributed by atoms with van der Waals surface area (Å²) in [7, 11) is 0. The standard InChI is InChI=1S/C25H28N6O/c1-22(2,32)24-9-18(10-24)31(15-24)21-7-17(3-6-28-21)30-19-8-20(29-12-16(19)11-26)25(14-27)13-23(25)4-5-23/h3,6-8,11-12,18,26,32H,4-5,9-10,13,15H2,1-2H3,(H,28,29,30). The lowest BCUT2D eigenvalue weighted by molar-refractivity contribution is -0.0754. The van der Waals surface area contributed by atoms with Gasteiger partial charge >= 0.3 is 0 Å². The molecule has 7 nitrogen and oxygen atoms in total. The monoisotopic (exact) mass is 428 g/mol. The predicted octanol–water partition coefficient (Wildman–Crippen LogP) is 3.90. The van der Waals surface area contributed by atoms with Crippen LogP contribution in [-0.2, 0) is 5.41 Å². The number of aliphatic hydroxyl groups is 1. The number of fused-ring (bicyclic) bond motifs is 1. The van der Waals surface area contributed by atoms with Crippen molar-refractivity contribution in [3.05, 3.63) is 41.9 Å². The number of nitrogens with one attached hydrogen (secondary N) is 2. The van der Waals surface area contributed by atoms with Crippen molar-refractivity contribution >= 4 is 23.4 Å². The lowest BCUT2D eigenvalue weighted by Crippen LogP contribution is -2.50. The van der Waals surface area contributed by atoms with E-state index in [0.717, 1.165) is 61.5 Å². The Morgan fingerprint density at radius 3 is 2.69 bits per heavy atom. The number of hydrogen-bond acceptors (Lipinski definition) is 7. The average Bonchev–Trinajstić information content (AvgIpc) is 3.56. The second kappa shape index (κ2) is 6.08. The Morgan fingerprint density at radius 1 is 1.31 bits per heavy atom. The highest BCUT2D eigenvalue weighted by atomic mass is 16.3. The SMILES string of the molecule is CC(C)(O)C12CC(C1)N(c1cc(Nc3cc(C4(C#N)CC45CC5)ncc3C=N)ccn1)C2. The van der Waals surface area contributed by atoms with Crippen LogP contribution in [0.2, 0.25) is 0 Å². The highest BCUT2D eigenvalue weighted by Crippen LogP contribution is 2.78. The van der Waals surface area contributed by atoms with Crippen molar-refractivity contribution < 1.29 is 5.11 Å². The van der Waals surface area contributed by atoms with Crippen LogP contribution < -0.4 is 10.2 Å². The summed E-state index contributed by atoms with van der Waals surface area (Å²) in [5, 5.41) is 31.8. The van der Waals surface area contributed by atoms with Gasteiger partial charge in [-0.1, -0.05) is 0 Å². The number of pyridine rings is 2. The molecule has 3 saturated carbocycles. The van der Waals surface area contributed by atoms with E-state index in [2.05, 4.69) is 26.3 Å². The molecule has 3 N–H and O–H groups in total. The van der Waals surface area contributed by atoms with E-state index in [1.807, 2.05) is 32.0 Å². The second-order valence-corrected chi connectivity index (χ2v) is 10.8. The molecule has 0 amide bonds. The Hall–Kier alpha value is -2.98. The number of aromatic nitrogens is 2. The molecule has 2 bridgehead atoms. The van der Waals surface area contributed by atoms with Gasteiger partial charge in [-0.3, -0.25) is 4.98 Å². The molecule has 1 spiro atoms. The first-order valence-electron chi connectivity index (χ1n) is 11.4. The third kappa shape index (κ3) is 2.53. The molecular weight excluding hydrogens is 400 g/mol. The van der Waals surface area contributed by atoms with E-state index in [1.165, 1.54) is 6.21 Å². The molecule has 32 heavy (non-hydrogen) atoms. The second-order valence-electron chi connectivity index (χ2n) is 10.8. The fraction of sp³-hybridized carbons (Fsp3) is 0.520. The van der Waals surface area contributed by atoms with Crippen molar-refractivity contribution in [2.45, 2.75) is 63.0 Å². The van der Waals surface area contributed by atoms with Crippen LogP contribution in [0.15, 0.2) is 30.6 Å². The zero-order chi connectivity index (χ0) is 22.4. The molecule has 2 aromatic heterocycles. The molecule has 4 heterocycles. The molecule has 7 heteroatoms. The molecule has 164 valence electrons. The molecule has 1 unspecified atom stereocenters. The summed E-state index contributed by atoms with van der Waals surface area (Å²) >= 11 is 0. The Balaban J connectivity index is 1.28. The Labute approximate surface area is 188 Å². The van der Waals surface area contributed by atoms with Gasteiger partial charge in [-0.15, -0.1) is 0 Å². The quantitative estimate of drug-likeness (QED) is 0.602. The lowest BCUT2D eigenvalue weighted by Gasteiger charge is -2.45. The largest absolute Gasteiger partial charge is 0.390 e. The first kappa shape index (κ1) is 19.7. The van der Waals surface area contributed by atoms with E-state index in [4.69, 9.17) is 5.41 Å². The number of rotatable bonds is 6. The highest BCUT2D eigenvalue weighted by Gasteiger charge is 2.76. The lowest BCUT2D eigenvalue weighted by atomic mass is 9.61. The van der Waals surface area contributed by atoms with Gasteiger partial charge in [0.1, 0.15) is 11.2 Å². The summed E-state index contributed by atoms with van der Waals surface area (Å²) in [6.45, 7) is 4.64. The molecule has 2 saturated heterocycles. The molecule has 5 aliphatic rings. The van der Waals surface area contributed by atoms with Crippen LogP contribution in [0.25, 0.3) is 0 Å². The molecule has 1 atom stereocenters. The Bertz CT molecular complexity index is 1170. The fourth-order valence-electron chi connectivity index (χ4n) is 6.13. The zero-order valence-corrected chi connectivity index (χ0v) is 18.5. The van der Waals surface area contributed by atoms with Crippen molar-refractivity contribution in [3.8, 4) is 6.07 Å². The number of anilines is 3. The molecule has 2 aromatic rings. The van der Waals surface area contributed by atoms with E-state index in [0.29, 0.717) is 11.6 Å². The van der Waals surface area contributed by atoms with Gasteiger partial charge in [0.15, 0.2) is 0 Å². The highest BCUT2D eigenvalue weighted by molar-refractivity contribution is 5.87. The summed E-state index contributed by atoms with van der Waals surface area (Å²) in [5.41, 5.74) is 2.12. The molecule has 5 fully saturated rings. The minimum absolute atomic E-state index is 0.0508. The van der Waals surface area contributed by atoms with Crippen LogP contribution in [0.5, 0.6) is 0 Å². The van der Waals surface area contributed by atoms with Crippen LogP contribution in [0.1, 0.15) is 57.2 Å². The smallest absolute Gasteiger partial charge is 0.130 e. The van der Waals surface area contributed by atoms with Crippen LogP contribution in [0.3, 0.4) is 0 Å². The third-order valence-corrected chi connectivity index (χ3v) is 8.74. The molecule has 2 aliphatic heterocycles. The Morgan fingerprint density at radius 2 is 2.09 bits per heavy atom. The van der Waals surface area contributed by atoms with Gasteiger partial charge in [-0.25, -0.2) is 4.98 Å². The van der Waals surface area contributed by atoms with E-state index >= 15 is 0 Å². The topological polar surface area (TPSA) is 109 Å². The number of nitrogens with zero attached hydrogens (tertiary/aromatic N) is 4. The van der Waals surface area contributed by atoms with Gasteiger partial charge in [0.2, 0.25) is 0 Å². The van der Waals surface area contributed by atoms with Gasteiger partial charge in [0.25, 0.3) is 0 Å². The fourth-order valence-corrected chi connectivity index (χ4v) is 6.13. The summed E-state index contributed by atoms with van der Waals surface area (Å²) in [6, 6.07) is 8.87. The average molecular weight is 429 g/mol. The van der Waals surface area contributed by atoms with Crippen molar-refractivity contribution in [2.24, 2.45) is 10.8 Å². The third-order valence-electron chi connectivity index (χ3n) is 8.74. The number of nitriles is 1. The maximum atomic E-state index is 10.6. The van der Waals surface area contributed by atoms with E-state index in [9.17, 15) is 10.4 Å². The van der Waals surface area contributed by atoms with E-state index < -0.39 is 11.0 Å². The van der Waals surface area contributed by atoms with Crippen molar-refractivity contribution in [1.82, 2.24) is 9.97 Å². The minimum atomic E-state index is -0.696. The summed E-state index contributed by atoms with van der Waals surface area (Å²) in [5.74, 6) is 0.905. The first-order chi connectivity index (χ1) is 15.2. The van der Waals surface area contributed by atoms with Crippen LogP contribution in [0.4, 0.5) is 17.2 Å². The maximum absolute atomic E-state index is 10.6. The van der Waals surface area contributed by atoms with Gasteiger partial charge < -0.3 is 20.7 Å². The molecule has 3 aliphatic carbocycles. The predicted molar refractivity (Wildman–Crippen MR) is 122 cm³/mol. The normalized spacial score (nSPS) is 31.1. The van der Waals surface area contributed by atoms with Crippen LogP contribution in [0, 0.1) is 27.6 Å². The Kier molecular flexibility index (Phi) is 3.74. The number of hydrogen-bond donors (Lipinski definition) is 3. The molecule has 7 rings (SSSR count). The van der Waals surface area contributed by atoms with Crippen LogP contribution in [-0.4, -0.2) is 39.5 Å².